The summed E-state index contributed by atoms with van der Waals surface area (Å²) in [6.07, 6.45) is 0. The Hall–Kier alpha value is -0.668. The number of benzene rings is 2. The van der Waals surface area contributed by atoms with Crippen molar-refractivity contribution in [2.75, 3.05) is 0 Å². The van der Waals surface area contributed by atoms with Gasteiger partial charge >= 0.3 is 52.1 Å². The van der Waals surface area contributed by atoms with Crippen LogP contribution >= 0.6 is 28.3 Å². The molecule has 1 atom stereocenters. The molecule has 0 heterocycles. The van der Waals surface area contributed by atoms with Gasteiger partial charge in [0.1, 0.15) is 0 Å². The number of hydrogen-bond donors (Lipinski definition) is 0. The van der Waals surface area contributed by atoms with Gasteiger partial charge in [0.2, 0.25) is 0 Å². The first-order valence-corrected chi connectivity index (χ1v) is 12.5. The number of rotatable bonds is 2. The molecule has 4 aromatic carbocycles. The summed E-state index contributed by atoms with van der Waals surface area (Å²) in [7, 11) is 12.5. The molecule has 0 spiro atoms. The second kappa shape index (κ2) is 14.3. The molecule has 4 aromatic rings. The average molecular weight is 548 g/mol. The van der Waals surface area contributed by atoms with E-state index in [4.69, 9.17) is 19.1 Å². The molecule has 4 rings (SSSR count). The van der Waals surface area contributed by atoms with E-state index in [2.05, 4.69) is 82.0 Å². The van der Waals surface area contributed by atoms with E-state index in [9.17, 15) is 0 Å². The smallest absolute Gasteiger partial charge is 0.214 e. The van der Waals surface area contributed by atoms with E-state index in [1.165, 1.54) is 27.6 Å². The fourth-order valence-electron chi connectivity index (χ4n) is 2.60. The van der Waals surface area contributed by atoms with Gasteiger partial charge in [0, 0.05) is 0 Å². The molecular weight excluding hydrogens is 528 g/mol. The SMILES string of the molecule is P[c-]1ccc(-c2ccccc2)c1-c1ccccc1.[Cl][Pd][Cl].[Fe+2].c1cc[cH-]c1. The Kier molecular flexibility index (Phi) is 12.9. The van der Waals surface area contributed by atoms with Crippen molar-refractivity contribution in [3.8, 4) is 22.3 Å². The standard InChI is InChI=1S/C17H14P.C5H5.2ClH.Fe.Pd/c18-16-12-11-15(13-7-3-1-4-8-13)17(16)14-9-5-2-6-10-14;1-2-4-5-3-1;;;;/h1-12H,18H2;1-5H;2*1H;;/q2*-1;;;2*+2/p-2. The van der Waals surface area contributed by atoms with Gasteiger partial charge in [-0.05, 0) is 0 Å². The van der Waals surface area contributed by atoms with Crippen LogP contribution in [0, 0.1) is 0 Å². The van der Waals surface area contributed by atoms with Crippen LogP contribution in [0.1, 0.15) is 0 Å². The third-order valence-electron chi connectivity index (χ3n) is 3.69. The summed E-state index contributed by atoms with van der Waals surface area (Å²) in [6, 6.07) is 35.4. The molecule has 0 aliphatic rings. The largest absolute Gasteiger partial charge is 2.00 e. The van der Waals surface area contributed by atoms with E-state index in [0.717, 1.165) is 0 Å². The maximum atomic E-state index is 4.81. The van der Waals surface area contributed by atoms with Gasteiger partial charge in [-0.1, -0.05) is 71.8 Å². The minimum Gasteiger partial charge on any atom is -0.214 e. The molecule has 0 amide bonds. The van der Waals surface area contributed by atoms with E-state index >= 15 is 0 Å². The first-order valence-electron chi connectivity index (χ1n) is 7.93. The first-order chi connectivity index (χ1) is 12.8. The Bertz CT molecular complexity index is 829. The van der Waals surface area contributed by atoms with Gasteiger partial charge < -0.3 is 0 Å². The van der Waals surface area contributed by atoms with Crippen molar-refractivity contribution in [2.45, 2.75) is 0 Å². The normalized spacial score (nSPS) is 9.30. The fraction of sp³-hybridized carbons (Fsp3) is 0. The average Bonchev–Trinajstić information content (AvgIpc) is 3.37. The minimum absolute atomic E-state index is 0. The molecule has 0 fully saturated rings. The summed E-state index contributed by atoms with van der Waals surface area (Å²) in [5.74, 6) is 0. The van der Waals surface area contributed by atoms with E-state index in [-0.39, 0.29) is 33.0 Å². The Balaban J connectivity index is 0.000000342. The Labute approximate surface area is 190 Å². The molecule has 0 radical (unpaired) electrons. The number of hydrogen-bond acceptors (Lipinski definition) is 0. The second-order valence-electron chi connectivity index (χ2n) is 5.32. The van der Waals surface area contributed by atoms with E-state index in [1.54, 1.807) is 0 Å². The summed E-state index contributed by atoms with van der Waals surface area (Å²) in [6.45, 7) is 0. The zero-order chi connectivity index (χ0) is 18.6. The monoisotopic (exact) mass is 546 g/mol. The van der Waals surface area contributed by atoms with Gasteiger partial charge in [-0.15, -0.1) is 22.5 Å². The molecule has 1 unspecified atom stereocenters. The zero-order valence-corrected chi connectivity index (χ0v) is 19.6. The van der Waals surface area contributed by atoms with Crippen molar-refractivity contribution in [2.24, 2.45) is 0 Å². The molecule has 144 valence electrons. The molecule has 27 heavy (non-hydrogen) atoms. The quantitative estimate of drug-likeness (QED) is 0.144. The molecular formula is C22H19Cl2FePPd. The molecule has 0 bridgehead atoms. The van der Waals surface area contributed by atoms with Crippen LogP contribution in [-0.4, -0.2) is 0 Å². The van der Waals surface area contributed by atoms with Crippen molar-refractivity contribution in [3.05, 3.63) is 103 Å². The molecule has 0 saturated heterocycles. The van der Waals surface area contributed by atoms with Crippen LogP contribution in [0.4, 0.5) is 0 Å². The van der Waals surface area contributed by atoms with Gasteiger partial charge in [0.15, 0.2) is 0 Å². The van der Waals surface area contributed by atoms with Gasteiger partial charge in [-0.25, -0.2) is 12.1 Å². The van der Waals surface area contributed by atoms with Crippen LogP contribution < -0.4 is 5.30 Å². The fourth-order valence-corrected chi connectivity index (χ4v) is 3.02. The summed E-state index contributed by atoms with van der Waals surface area (Å²) >= 11 is -0.106. The van der Waals surface area contributed by atoms with E-state index in [1.807, 2.05) is 30.3 Å². The van der Waals surface area contributed by atoms with Gasteiger partial charge in [-0.2, -0.15) is 33.5 Å². The molecule has 0 aliphatic carbocycles. The van der Waals surface area contributed by atoms with Crippen molar-refractivity contribution < 1.29 is 33.0 Å². The van der Waals surface area contributed by atoms with Crippen LogP contribution in [-0.2, 0) is 33.0 Å². The van der Waals surface area contributed by atoms with Crippen LogP contribution in [0.5, 0.6) is 0 Å². The summed E-state index contributed by atoms with van der Waals surface area (Å²) in [5.41, 5.74) is 5.15. The molecule has 0 aromatic heterocycles. The second-order valence-corrected chi connectivity index (χ2v) is 8.30. The van der Waals surface area contributed by atoms with Gasteiger partial charge in [0.25, 0.3) is 0 Å². The maximum absolute atomic E-state index is 4.81. The van der Waals surface area contributed by atoms with Gasteiger partial charge in [0.05, 0.1) is 0 Å². The number of halogens is 2. The third-order valence-corrected chi connectivity index (χ3v) is 4.17. The van der Waals surface area contributed by atoms with Crippen LogP contribution in [0.25, 0.3) is 22.3 Å². The molecule has 0 N–H and O–H groups in total. The van der Waals surface area contributed by atoms with Crippen molar-refractivity contribution in [1.29, 1.82) is 0 Å². The van der Waals surface area contributed by atoms with E-state index < -0.39 is 0 Å². The Morgan fingerprint density at radius 3 is 1.67 bits per heavy atom. The molecule has 0 aliphatic heterocycles. The predicted molar refractivity (Wildman–Crippen MR) is 116 cm³/mol. The Morgan fingerprint density at radius 2 is 1.22 bits per heavy atom. The third kappa shape index (κ3) is 8.07. The van der Waals surface area contributed by atoms with E-state index in [0.29, 0.717) is 0 Å². The van der Waals surface area contributed by atoms with Crippen LogP contribution in [0.3, 0.4) is 0 Å². The topological polar surface area (TPSA) is 0 Å². The maximum Gasteiger partial charge on any atom is 2.00 e. The summed E-state index contributed by atoms with van der Waals surface area (Å²) < 4.78 is 0. The first kappa shape index (κ1) is 24.4. The molecule has 0 nitrogen and oxygen atoms in total. The Morgan fingerprint density at radius 1 is 0.741 bits per heavy atom. The van der Waals surface area contributed by atoms with Crippen LogP contribution in [0.2, 0.25) is 0 Å². The minimum atomic E-state index is -0.106. The molecule has 5 heteroatoms. The summed E-state index contributed by atoms with van der Waals surface area (Å²) in [4.78, 5) is 0. The predicted octanol–water partition coefficient (Wildman–Crippen LogP) is 7.02. The summed E-state index contributed by atoms with van der Waals surface area (Å²) in [5, 5.41) is 1.25. The van der Waals surface area contributed by atoms with Crippen LogP contribution in [0.15, 0.2) is 103 Å². The van der Waals surface area contributed by atoms with Crippen molar-refractivity contribution in [3.63, 3.8) is 0 Å². The van der Waals surface area contributed by atoms with Gasteiger partial charge in [-0.3, -0.25) is 0 Å². The molecule has 0 saturated carbocycles. The zero-order valence-electron chi connectivity index (χ0n) is 14.3. The van der Waals surface area contributed by atoms with Crippen molar-refractivity contribution >= 4 is 33.6 Å². The van der Waals surface area contributed by atoms with Crippen molar-refractivity contribution in [1.82, 2.24) is 0 Å².